The molecule has 0 fully saturated rings. The Hall–Kier alpha value is -1.35. The van der Waals surface area contributed by atoms with Gasteiger partial charge in [0.25, 0.3) is 0 Å². The molecule has 0 saturated carbocycles. The highest BCUT2D eigenvalue weighted by molar-refractivity contribution is 5.94. The van der Waals surface area contributed by atoms with E-state index in [-0.39, 0.29) is 5.78 Å². The van der Waals surface area contributed by atoms with Crippen molar-refractivity contribution in [3.05, 3.63) is 29.8 Å². The first-order valence-electron chi connectivity index (χ1n) is 4.68. The molecule has 0 unspecified atom stereocenters. The van der Waals surface area contributed by atoms with Crippen LogP contribution in [0.4, 0.5) is 0 Å². The van der Waals surface area contributed by atoms with Crippen LogP contribution in [0.1, 0.15) is 23.7 Å². The van der Waals surface area contributed by atoms with Crippen molar-refractivity contribution >= 4 is 5.78 Å². The summed E-state index contributed by atoms with van der Waals surface area (Å²) >= 11 is 0. The van der Waals surface area contributed by atoms with E-state index in [2.05, 4.69) is 0 Å². The Morgan fingerprint density at radius 1 is 1.50 bits per heavy atom. The van der Waals surface area contributed by atoms with Crippen molar-refractivity contribution in [3.63, 3.8) is 0 Å². The fourth-order valence-corrected chi connectivity index (χ4v) is 1.08. The molecule has 0 amide bonds. The first-order valence-corrected chi connectivity index (χ1v) is 4.68. The lowest BCUT2D eigenvalue weighted by Gasteiger charge is -2.05. The fraction of sp³-hybridized carbons (Fsp3) is 0.364. The summed E-state index contributed by atoms with van der Waals surface area (Å²) in [6.07, 6.45) is 0.824. The second kappa shape index (κ2) is 5.40. The summed E-state index contributed by atoms with van der Waals surface area (Å²) in [5.74, 6) is 0.778. The SMILES string of the molecule is CC(=O)c1cccc(OCCCN)c1. The Kier molecular flexibility index (Phi) is 4.13. The second-order valence-electron chi connectivity index (χ2n) is 3.07. The summed E-state index contributed by atoms with van der Waals surface area (Å²) in [6.45, 7) is 2.75. The van der Waals surface area contributed by atoms with Crippen LogP contribution in [0.5, 0.6) is 5.75 Å². The monoisotopic (exact) mass is 193 g/mol. The summed E-state index contributed by atoms with van der Waals surface area (Å²) in [7, 11) is 0. The highest BCUT2D eigenvalue weighted by Gasteiger charge is 2.00. The number of Topliss-reactive ketones (excluding diaryl/α,β-unsaturated/α-hetero) is 1. The summed E-state index contributed by atoms with van der Waals surface area (Å²) in [4.78, 5) is 11.1. The quantitative estimate of drug-likeness (QED) is 0.571. The number of ether oxygens (including phenoxy) is 1. The molecule has 0 heterocycles. The van der Waals surface area contributed by atoms with E-state index >= 15 is 0 Å². The third-order valence-corrected chi connectivity index (χ3v) is 1.86. The van der Waals surface area contributed by atoms with E-state index in [1.807, 2.05) is 12.1 Å². The van der Waals surface area contributed by atoms with E-state index in [0.29, 0.717) is 18.7 Å². The van der Waals surface area contributed by atoms with Gasteiger partial charge in [0, 0.05) is 5.56 Å². The molecule has 0 radical (unpaired) electrons. The van der Waals surface area contributed by atoms with Gasteiger partial charge in [-0.25, -0.2) is 0 Å². The molecule has 0 aliphatic rings. The van der Waals surface area contributed by atoms with Crippen LogP contribution in [0.15, 0.2) is 24.3 Å². The van der Waals surface area contributed by atoms with Crippen LogP contribution >= 0.6 is 0 Å². The van der Waals surface area contributed by atoms with Crippen LogP contribution in [-0.4, -0.2) is 18.9 Å². The van der Waals surface area contributed by atoms with Gasteiger partial charge in [-0.05, 0) is 32.0 Å². The lowest BCUT2D eigenvalue weighted by Crippen LogP contribution is -2.06. The molecule has 0 spiro atoms. The number of hydrogen-bond acceptors (Lipinski definition) is 3. The highest BCUT2D eigenvalue weighted by atomic mass is 16.5. The van der Waals surface area contributed by atoms with Crippen molar-refractivity contribution in [1.82, 2.24) is 0 Å². The van der Waals surface area contributed by atoms with Gasteiger partial charge in [0.1, 0.15) is 5.75 Å². The minimum Gasteiger partial charge on any atom is -0.494 e. The Morgan fingerprint density at radius 2 is 2.29 bits per heavy atom. The number of hydrogen-bond donors (Lipinski definition) is 1. The van der Waals surface area contributed by atoms with Gasteiger partial charge in [0.2, 0.25) is 0 Å². The molecule has 3 heteroatoms. The minimum atomic E-state index is 0.0503. The van der Waals surface area contributed by atoms with Crippen LogP contribution < -0.4 is 10.5 Å². The molecule has 2 N–H and O–H groups in total. The van der Waals surface area contributed by atoms with E-state index in [1.54, 1.807) is 19.1 Å². The molecule has 0 aromatic heterocycles. The van der Waals surface area contributed by atoms with Gasteiger partial charge in [0.05, 0.1) is 6.61 Å². The van der Waals surface area contributed by atoms with Crippen molar-refractivity contribution in [2.24, 2.45) is 5.73 Å². The zero-order chi connectivity index (χ0) is 10.4. The number of benzene rings is 1. The standard InChI is InChI=1S/C11H15NO2/c1-9(13)10-4-2-5-11(8-10)14-7-3-6-12/h2,4-5,8H,3,6-7,12H2,1H3. The highest BCUT2D eigenvalue weighted by Crippen LogP contribution is 2.13. The van der Waals surface area contributed by atoms with Gasteiger partial charge >= 0.3 is 0 Å². The molecular weight excluding hydrogens is 178 g/mol. The fourth-order valence-electron chi connectivity index (χ4n) is 1.08. The maximum atomic E-state index is 11.1. The zero-order valence-corrected chi connectivity index (χ0v) is 8.32. The molecule has 76 valence electrons. The summed E-state index contributed by atoms with van der Waals surface area (Å²) in [6, 6.07) is 7.18. The first kappa shape index (κ1) is 10.7. The van der Waals surface area contributed by atoms with E-state index in [4.69, 9.17) is 10.5 Å². The molecule has 3 nitrogen and oxygen atoms in total. The normalized spacial score (nSPS) is 9.86. The smallest absolute Gasteiger partial charge is 0.159 e. The minimum absolute atomic E-state index is 0.0503. The molecule has 1 aromatic carbocycles. The Labute approximate surface area is 83.9 Å². The van der Waals surface area contributed by atoms with Crippen molar-refractivity contribution in [2.75, 3.05) is 13.2 Å². The molecule has 1 rings (SSSR count). The van der Waals surface area contributed by atoms with Crippen LogP contribution in [0, 0.1) is 0 Å². The molecule has 14 heavy (non-hydrogen) atoms. The maximum Gasteiger partial charge on any atom is 0.159 e. The third kappa shape index (κ3) is 3.18. The van der Waals surface area contributed by atoms with Gasteiger partial charge in [-0.2, -0.15) is 0 Å². The largest absolute Gasteiger partial charge is 0.494 e. The maximum absolute atomic E-state index is 11.1. The number of carbonyl (C=O) groups is 1. The predicted octanol–water partition coefficient (Wildman–Crippen LogP) is 1.62. The number of nitrogens with two attached hydrogens (primary N) is 1. The molecule has 0 atom stereocenters. The zero-order valence-electron chi connectivity index (χ0n) is 8.32. The van der Waals surface area contributed by atoms with Gasteiger partial charge in [-0.1, -0.05) is 12.1 Å². The Morgan fingerprint density at radius 3 is 2.93 bits per heavy atom. The van der Waals surface area contributed by atoms with E-state index in [9.17, 15) is 4.79 Å². The first-order chi connectivity index (χ1) is 6.74. The van der Waals surface area contributed by atoms with Crippen LogP contribution in [0.3, 0.4) is 0 Å². The van der Waals surface area contributed by atoms with Crippen LogP contribution in [0.25, 0.3) is 0 Å². The lowest BCUT2D eigenvalue weighted by atomic mass is 10.1. The molecule has 0 saturated heterocycles. The van der Waals surface area contributed by atoms with Gasteiger partial charge in [-0.3, -0.25) is 4.79 Å². The van der Waals surface area contributed by atoms with E-state index < -0.39 is 0 Å². The van der Waals surface area contributed by atoms with Gasteiger partial charge in [0.15, 0.2) is 5.78 Å². The second-order valence-corrected chi connectivity index (χ2v) is 3.07. The lowest BCUT2D eigenvalue weighted by molar-refractivity contribution is 0.101. The van der Waals surface area contributed by atoms with Crippen molar-refractivity contribution in [2.45, 2.75) is 13.3 Å². The van der Waals surface area contributed by atoms with E-state index in [0.717, 1.165) is 12.2 Å². The number of rotatable bonds is 5. The molecule has 0 aliphatic carbocycles. The third-order valence-electron chi connectivity index (χ3n) is 1.86. The average Bonchev–Trinajstić information content (AvgIpc) is 2.19. The summed E-state index contributed by atoms with van der Waals surface area (Å²) < 4.78 is 5.40. The molecule has 0 bridgehead atoms. The van der Waals surface area contributed by atoms with Crippen LogP contribution in [0.2, 0.25) is 0 Å². The summed E-state index contributed by atoms with van der Waals surface area (Å²) in [5, 5.41) is 0. The van der Waals surface area contributed by atoms with E-state index in [1.165, 1.54) is 0 Å². The molecule has 0 aliphatic heterocycles. The van der Waals surface area contributed by atoms with Gasteiger partial charge < -0.3 is 10.5 Å². The predicted molar refractivity (Wildman–Crippen MR) is 55.6 cm³/mol. The Bertz CT molecular complexity index is 310. The summed E-state index contributed by atoms with van der Waals surface area (Å²) in [5.41, 5.74) is 6.01. The molecule has 1 aromatic rings. The number of carbonyl (C=O) groups excluding carboxylic acids is 1. The van der Waals surface area contributed by atoms with Crippen molar-refractivity contribution in [3.8, 4) is 5.75 Å². The van der Waals surface area contributed by atoms with Crippen molar-refractivity contribution < 1.29 is 9.53 Å². The number of ketones is 1. The van der Waals surface area contributed by atoms with Crippen LogP contribution in [-0.2, 0) is 0 Å². The average molecular weight is 193 g/mol. The molecular formula is C11H15NO2. The van der Waals surface area contributed by atoms with Gasteiger partial charge in [-0.15, -0.1) is 0 Å². The Balaban J connectivity index is 2.59. The van der Waals surface area contributed by atoms with Crippen molar-refractivity contribution in [1.29, 1.82) is 0 Å². The topological polar surface area (TPSA) is 52.3 Å².